The van der Waals surface area contributed by atoms with Gasteiger partial charge in [-0.2, -0.15) is 0 Å². The molecule has 190 valence electrons. The summed E-state index contributed by atoms with van der Waals surface area (Å²) in [6.07, 6.45) is -3.18. The van der Waals surface area contributed by atoms with Gasteiger partial charge in [0.1, 0.15) is 17.2 Å². The molecule has 0 aliphatic carbocycles. The van der Waals surface area contributed by atoms with Crippen LogP contribution in [-0.2, 0) is 9.59 Å². The lowest BCUT2D eigenvalue weighted by molar-refractivity contribution is -0.274. The Bertz CT molecular complexity index is 1340. The number of hydrogen-bond donors (Lipinski definition) is 1. The number of aliphatic imine (C=N–C) groups is 1. The maximum absolute atomic E-state index is 13.3. The third-order valence-electron chi connectivity index (χ3n) is 4.98. The number of benzene rings is 3. The Morgan fingerprint density at radius 1 is 1.03 bits per heavy atom. The maximum Gasteiger partial charge on any atom is 0.573 e. The highest BCUT2D eigenvalue weighted by molar-refractivity contribution is 8.14. The van der Waals surface area contributed by atoms with Crippen LogP contribution in [0.1, 0.15) is 5.56 Å². The number of anilines is 2. The van der Waals surface area contributed by atoms with Gasteiger partial charge < -0.3 is 14.8 Å². The number of thioether (sulfide) groups is 1. The van der Waals surface area contributed by atoms with E-state index in [4.69, 9.17) is 4.74 Å². The first-order valence-electron chi connectivity index (χ1n) is 10.8. The van der Waals surface area contributed by atoms with Gasteiger partial charge in [0, 0.05) is 11.3 Å². The number of amidine groups is 1. The number of para-hydroxylation sites is 2. The van der Waals surface area contributed by atoms with E-state index in [1.54, 1.807) is 42.5 Å². The zero-order chi connectivity index (χ0) is 26.4. The molecule has 0 radical (unpaired) electrons. The second-order valence-electron chi connectivity index (χ2n) is 7.55. The van der Waals surface area contributed by atoms with Gasteiger partial charge in [-0.1, -0.05) is 48.2 Å². The Morgan fingerprint density at radius 2 is 1.70 bits per heavy atom. The van der Waals surface area contributed by atoms with E-state index in [9.17, 15) is 22.8 Å². The summed E-state index contributed by atoms with van der Waals surface area (Å²) in [7, 11) is 1.53. The monoisotopic (exact) mass is 527 g/mol. The van der Waals surface area contributed by atoms with Crippen molar-refractivity contribution in [2.45, 2.75) is 6.36 Å². The zero-order valence-corrected chi connectivity index (χ0v) is 20.2. The van der Waals surface area contributed by atoms with Gasteiger partial charge >= 0.3 is 6.36 Å². The van der Waals surface area contributed by atoms with Gasteiger partial charge in [0.2, 0.25) is 5.91 Å². The van der Waals surface area contributed by atoms with E-state index in [0.29, 0.717) is 27.9 Å². The number of methoxy groups -OCH3 is 1. The Hall–Kier alpha value is -4.25. The Morgan fingerprint density at radius 3 is 2.38 bits per heavy atom. The quantitative estimate of drug-likeness (QED) is 0.398. The van der Waals surface area contributed by atoms with E-state index in [1.165, 1.54) is 24.1 Å². The number of ether oxygens (including phenoxy) is 2. The van der Waals surface area contributed by atoms with Gasteiger partial charge in [-0.15, -0.1) is 13.2 Å². The number of halogens is 3. The van der Waals surface area contributed by atoms with Gasteiger partial charge in [0.15, 0.2) is 5.17 Å². The molecule has 1 N–H and O–H groups in total. The third-order valence-corrected chi connectivity index (χ3v) is 5.92. The van der Waals surface area contributed by atoms with E-state index in [1.807, 2.05) is 18.2 Å². The van der Waals surface area contributed by atoms with Crippen molar-refractivity contribution in [3.05, 3.63) is 90.1 Å². The van der Waals surface area contributed by atoms with Gasteiger partial charge in [0.05, 0.1) is 18.6 Å². The van der Waals surface area contributed by atoms with Crippen LogP contribution < -0.4 is 19.7 Å². The largest absolute Gasteiger partial charge is 0.573 e. The predicted molar refractivity (Wildman–Crippen MR) is 137 cm³/mol. The summed E-state index contributed by atoms with van der Waals surface area (Å²) in [6, 6.07) is 20.9. The first-order valence-corrected chi connectivity index (χ1v) is 11.8. The topological polar surface area (TPSA) is 80.2 Å². The Balaban J connectivity index is 1.50. The van der Waals surface area contributed by atoms with Crippen molar-refractivity contribution >= 4 is 46.2 Å². The van der Waals surface area contributed by atoms with Crippen molar-refractivity contribution in [3.63, 3.8) is 0 Å². The summed E-state index contributed by atoms with van der Waals surface area (Å²) >= 11 is 1.05. The third kappa shape index (κ3) is 6.70. The lowest BCUT2D eigenvalue weighted by Crippen LogP contribution is -2.31. The number of hydrogen-bond acceptors (Lipinski definition) is 6. The molecule has 1 aliphatic rings. The second kappa shape index (κ2) is 11.2. The number of rotatable bonds is 7. The average molecular weight is 528 g/mol. The average Bonchev–Trinajstić information content (AvgIpc) is 3.18. The van der Waals surface area contributed by atoms with Crippen LogP contribution in [0.25, 0.3) is 6.08 Å². The van der Waals surface area contributed by atoms with Crippen molar-refractivity contribution in [2.24, 2.45) is 4.99 Å². The van der Waals surface area contributed by atoms with Crippen molar-refractivity contribution in [3.8, 4) is 11.5 Å². The van der Waals surface area contributed by atoms with Crippen LogP contribution >= 0.6 is 11.8 Å². The first-order chi connectivity index (χ1) is 17.7. The smallest absolute Gasteiger partial charge is 0.496 e. The molecule has 11 heteroatoms. The molecule has 0 unspecified atom stereocenters. The minimum absolute atomic E-state index is 0.0990. The Kier molecular flexibility index (Phi) is 7.83. The summed E-state index contributed by atoms with van der Waals surface area (Å²) in [4.78, 5) is 31.7. The number of amides is 2. The van der Waals surface area contributed by atoms with E-state index in [2.05, 4.69) is 15.0 Å². The molecule has 0 spiro atoms. The van der Waals surface area contributed by atoms with Crippen LogP contribution in [0, 0.1) is 0 Å². The highest BCUT2D eigenvalue weighted by atomic mass is 32.2. The van der Waals surface area contributed by atoms with Crippen LogP contribution in [0.15, 0.2) is 89.6 Å². The molecular formula is C26H20F3N3O4S. The lowest BCUT2D eigenvalue weighted by Gasteiger charge is -2.17. The molecule has 37 heavy (non-hydrogen) atoms. The lowest BCUT2D eigenvalue weighted by atomic mass is 10.1. The van der Waals surface area contributed by atoms with Crippen molar-refractivity contribution in [1.29, 1.82) is 0 Å². The fourth-order valence-electron chi connectivity index (χ4n) is 3.40. The number of alkyl halides is 3. The van der Waals surface area contributed by atoms with Gasteiger partial charge in [0.25, 0.3) is 5.91 Å². The molecular weight excluding hydrogens is 507 g/mol. The van der Waals surface area contributed by atoms with E-state index >= 15 is 0 Å². The van der Waals surface area contributed by atoms with Gasteiger partial charge in [-0.05, 0) is 48.5 Å². The molecule has 1 heterocycles. The molecule has 3 aromatic rings. The normalized spacial score (nSPS) is 14.5. The Labute approximate surface area is 214 Å². The zero-order valence-electron chi connectivity index (χ0n) is 19.4. The van der Waals surface area contributed by atoms with Crippen molar-refractivity contribution in [1.82, 2.24) is 0 Å². The summed E-state index contributed by atoms with van der Waals surface area (Å²) in [6.45, 7) is 0. The minimum atomic E-state index is -4.80. The molecule has 0 saturated heterocycles. The molecule has 7 nitrogen and oxygen atoms in total. The molecule has 0 bridgehead atoms. The number of carbonyl (C=O) groups excluding carboxylic acids is 2. The molecule has 4 rings (SSSR count). The molecule has 2 amide bonds. The van der Waals surface area contributed by atoms with Crippen LogP contribution in [0.3, 0.4) is 0 Å². The summed E-state index contributed by atoms with van der Waals surface area (Å²) in [5, 5.41) is 2.91. The minimum Gasteiger partial charge on any atom is -0.496 e. The fourth-order valence-corrected chi connectivity index (χ4v) is 4.21. The maximum atomic E-state index is 13.3. The summed E-state index contributed by atoms with van der Waals surface area (Å²) < 4.78 is 46.2. The SMILES string of the molecule is COc1ccccc1/C=C1/N=C(SCC(=O)Nc2ccc(OC(F)(F)F)cc2)N(c2ccccc2)C1=O. The molecule has 0 aromatic heterocycles. The molecule has 0 saturated carbocycles. The highest BCUT2D eigenvalue weighted by Crippen LogP contribution is 2.31. The fraction of sp³-hybridized carbons (Fsp3) is 0.115. The molecule has 3 aromatic carbocycles. The van der Waals surface area contributed by atoms with Crippen LogP contribution in [0.2, 0.25) is 0 Å². The second-order valence-corrected chi connectivity index (χ2v) is 8.49. The first kappa shape index (κ1) is 25.8. The van der Waals surface area contributed by atoms with Crippen molar-refractivity contribution < 1.29 is 32.2 Å². The van der Waals surface area contributed by atoms with Crippen LogP contribution in [0.5, 0.6) is 11.5 Å². The molecule has 0 fully saturated rings. The molecule has 0 atom stereocenters. The van der Waals surface area contributed by atoms with Crippen LogP contribution in [0.4, 0.5) is 24.5 Å². The van der Waals surface area contributed by atoms with E-state index in [-0.39, 0.29) is 17.4 Å². The van der Waals surface area contributed by atoms with Gasteiger partial charge in [-0.25, -0.2) is 4.99 Å². The number of nitrogens with one attached hydrogen (secondary N) is 1. The van der Waals surface area contributed by atoms with Gasteiger partial charge in [-0.3, -0.25) is 14.5 Å². The number of carbonyl (C=O) groups is 2. The summed E-state index contributed by atoms with van der Waals surface area (Å²) in [5.41, 5.74) is 1.73. The highest BCUT2D eigenvalue weighted by Gasteiger charge is 2.33. The van der Waals surface area contributed by atoms with E-state index in [0.717, 1.165) is 23.9 Å². The molecule has 1 aliphatic heterocycles. The van der Waals surface area contributed by atoms with Crippen molar-refractivity contribution in [2.75, 3.05) is 23.1 Å². The van der Waals surface area contributed by atoms with Crippen LogP contribution in [-0.4, -0.2) is 36.2 Å². The van der Waals surface area contributed by atoms with E-state index < -0.39 is 18.0 Å². The standard InChI is InChI=1S/C26H20F3N3O4S/c1-35-22-10-6-5-7-17(22)15-21-24(34)32(19-8-3-2-4-9-19)25(31-21)37-16-23(33)30-18-11-13-20(14-12-18)36-26(27,28)29/h2-15H,16H2,1H3,(H,30,33)/b21-15+. The predicted octanol–water partition coefficient (Wildman–Crippen LogP) is 5.71. The summed E-state index contributed by atoms with van der Waals surface area (Å²) in [5.74, 6) is -0.707. The number of nitrogens with zero attached hydrogens (tertiary/aromatic N) is 2.